The molecule has 0 bridgehead atoms. The Balaban J connectivity index is 1.51. The summed E-state index contributed by atoms with van der Waals surface area (Å²) in [5, 5.41) is 8.90. The summed E-state index contributed by atoms with van der Waals surface area (Å²) in [6.45, 7) is 7.84. The predicted molar refractivity (Wildman–Crippen MR) is 160 cm³/mol. The number of aliphatic hydroxyl groups excluding tert-OH is 1. The number of allylic oxidation sites excluding steroid dienone is 2. The Morgan fingerprint density at radius 1 is 0.775 bits per heavy atom. The number of benzene rings is 3. The molecule has 3 aromatic carbocycles. The fourth-order valence-corrected chi connectivity index (χ4v) is 3.89. The monoisotopic (exact) mass is 542 g/mol. The van der Waals surface area contributed by atoms with Crippen molar-refractivity contribution >= 4 is 24.2 Å². The number of hydrogen-bond donors (Lipinski definition) is 1. The first kappa shape index (κ1) is 30.4. The molecule has 0 aromatic heterocycles. The largest absolute Gasteiger partial charge is 0.516 e. The second-order valence-electron chi connectivity index (χ2n) is 9.97. The van der Waals surface area contributed by atoms with Crippen LogP contribution in [0.4, 0.5) is 0 Å². The molecule has 0 saturated heterocycles. The van der Waals surface area contributed by atoms with Crippen molar-refractivity contribution in [3.05, 3.63) is 113 Å². The van der Waals surface area contributed by atoms with Gasteiger partial charge in [-0.05, 0) is 79.8 Å². The van der Waals surface area contributed by atoms with E-state index in [1.807, 2.05) is 106 Å². The first-order valence-corrected chi connectivity index (χ1v) is 13.2. The van der Waals surface area contributed by atoms with Crippen molar-refractivity contribution in [3.63, 3.8) is 0 Å². The van der Waals surface area contributed by atoms with E-state index in [4.69, 9.17) is 24.1 Å². The summed E-state index contributed by atoms with van der Waals surface area (Å²) < 4.78 is 22.3. The molecule has 1 unspecified atom stereocenters. The molecule has 0 aliphatic carbocycles. The minimum absolute atomic E-state index is 0.292. The average Bonchev–Trinajstić information content (AvgIpc) is 2.94. The fourth-order valence-electron chi connectivity index (χ4n) is 3.89. The van der Waals surface area contributed by atoms with Gasteiger partial charge in [0, 0.05) is 14.0 Å². The number of hydrogen-bond acceptors (Lipinski definition) is 6. The smallest absolute Gasteiger partial charge is 0.323 e. The van der Waals surface area contributed by atoms with Crippen molar-refractivity contribution in [1.29, 1.82) is 0 Å². The lowest BCUT2D eigenvalue weighted by molar-refractivity contribution is -0.319. The second-order valence-corrected chi connectivity index (χ2v) is 9.97. The minimum Gasteiger partial charge on any atom is -0.516 e. The molecule has 210 valence electrons. The summed E-state index contributed by atoms with van der Waals surface area (Å²) in [5.74, 6) is -0.254. The number of carbonyl (C=O) groups excluding carboxylic acids is 1. The van der Waals surface area contributed by atoms with Crippen LogP contribution < -0.4 is 9.47 Å². The van der Waals surface area contributed by atoms with Crippen LogP contribution in [0.2, 0.25) is 0 Å². The summed E-state index contributed by atoms with van der Waals surface area (Å²) in [4.78, 5) is 12.9. The second kappa shape index (κ2) is 14.3. The Morgan fingerprint density at radius 2 is 1.27 bits per heavy atom. The Morgan fingerprint density at radius 3 is 1.77 bits per heavy atom. The van der Waals surface area contributed by atoms with Crippen LogP contribution in [0.3, 0.4) is 0 Å². The first-order chi connectivity index (χ1) is 19.2. The lowest BCUT2D eigenvalue weighted by Gasteiger charge is -2.28. The van der Waals surface area contributed by atoms with Crippen molar-refractivity contribution < 1.29 is 28.8 Å². The Labute approximate surface area is 237 Å². The van der Waals surface area contributed by atoms with E-state index in [0.717, 1.165) is 28.5 Å². The summed E-state index contributed by atoms with van der Waals surface area (Å²) in [5.41, 5.74) is 3.22. The highest BCUT2D eigenvalue weighted by molar-refractivity contribution is 5.78. The molecule has 6 heteroatoms. The van der Waals surface area contributed by atoms with Crippen LogP contribution in [0.25, 0.3) is 18.2 Å². The molecule has 1 N–H and O–H groups in total. The Kier molecular flexibility index (Phi) is 10.9. The van der Waals surface area contributed by atoms with Crippen LogP contribution in [0.15, 0.2) is 91.2 Å². The fraction of sp³-hybridized carbons (Fsp3) is 0.265. The summed E-state index contributed by atoms with van der Waals surface area (Å²) in [7, 11) is 1.54. The predicted octanol–water partition coefficient (Wildman–Crippen LogP) is 7.85. The number of rotatable bonds is 13. The van der Waals surface area contributed by atoms with Crippen molar-refractivity contribution in [3.8, 4) is 11.5 Å². The maximum atomic E-state index is 12.9. The molecule has 0 aliphatic rings. The molecular weight excluding hydrogens is 504 g/mol. The molecule has 0 saturated carbocycles. The van der Waals surface area contributed by atoms with E-state index in [0.29, 0.717) is 24.5 Å². The average molecular weight is 543 g/mol. The highest BCUT2D eigenvalue weighted by atomic mass is 16.9. The lowest BCUT2D eigenvalue weighted by Crippen LogP contribution is -2.37. The van der Waals surface area contributed by atoms with Gasteiger partial charge in [-0.3, -0.25) is 4.79 Å². The van der Waals surface area contributed by atoms with Crippen molar-refractivity contribution in [2.75, 3.05) is 13.7 Å². The molecule has 6 nitrogen and oxygen atoms in total. The van der Waals surface area contributed by atoms with E-state index < -0.39 is 11.4 Å². The van der Waals surface area contributed by atoms with Gasteiger partial charge in [0.1, 0.15) is 11.5 Å². The zero-order valence-corrected chi connectivity index (χ0v) is 23.8. The summed E-state index contributed by atoms with van der Waals surface area (Å²) in [6, 6.07) is 22.7. The minimum atomic E-state index is -1.12. The first-order valence-electron chi connectivity index (χ1n) is 13.2. The maximum absolute atomic E-state index is 12.9. The van der Waals surface area contributed by atoms with Crippen LogP contribution >= 0.6 is 0 Å². The van der Waals surface area contributed by atoms with Crippen LogP contribution in [0, 0.1) is 5.41 Å². The number of carbonyl (C=O) groups is 1. The third-order valence-electron chi connectivity index (χ3n) is 6.19. The molecule has 0 aliphatic heterocycles. The molecule has 0 spiro atoms. The lowest BCUT2D eigenvalue weighted by atomic mass is 9.85. The van der Waals surface area contributed by atoms with E-state index in [9.17, 15) is 4.79 Å². The van der Waals surface area contributed by atoms with Gasteiger partial charge < -0.3 is 24.1 Å². The van der Waals surface area contributed by atoms with Gasteiger partial charge in [0.05, 0.1) is 18.3 Å². The maximum Gasteiger partial charge on any atom is 0.323 e. The van der Waals surface area contributed by atoms with Gasteiger partial charge in [-0.1, -0.05) is 72.8 Å². The summed E-state index contributed by atoms with van der Waals surface area (Å²) >= 11 is 0. The van der Waals surface area contributed by atoms with Crippen LogP contribution in [0.1, 0.15) is 49.9 Å². The van der Waals surface area contributed by atoms with Gasteiger partial charge in [0.25, 0.3) is 0 Å². The number of esters is 1. The van der Waals surface area contributed by atoms with E-state index >= 15 is 0 Å². The van der Waals surface area contributed by atoms with Gasteiger partial charge in [-0.25, -0.2) is 0 Å². The molecule has 0 heterocycles. The van der Waals surface area contributed by atoms with E-state index in [1.54, 1.807) is 32.2 Å². The van der Waals surface area contributed by atoms with Crippen molar-refractivity contribution in [1.82, 2.24) is 0 Å². The van der Waals surface area contributed by atoms with Crippen molar-refractivity contribution in [2.45, 2.75) is 40.1 Å². The number of methoxy groups -OCH3 is 1. The van der Waals surface area contributed by atoms with Gasteiger partial charge in [0.2, 0.25) is 0 Å². The topological polar surface area (TPSA) is 74.2 Å². The molecule has 3 aromatic rings. The number of ether oxygens (including phenoxy) is 4. The normalized spacial score (nSPS) is 13.6. The molecule has 40 heavy (non-hydrogen) atoms. The zero-order valence-electron chi connectivity index (χ0n) is 23.8. The van der Waals surface area contributed by atoms with E-state index in [2.05, 4.69) is 0 Å². The van der Waals surface area contributed by atoms with Crippen LogP contribution in [0.5, 0.6) is 11.5 Å². The van der Waals surface area contributed by atoms with Gasteiger partial charge in [-0.2, -0.15) is 0 Å². The summed E-state index contributed by atoms with van der Waals surface area (Å²) in [6.07, 6.45) is 11.0. The third kappa shape index (κ3) is 9.26. The van der Waals surface area contributed by atoms with Crippen molar-refractivity contribution in [2.24, 2.45) is 5.41 Å². The molecule has 0 fully saturated rings. The van der Waals surface area contributed by atoms with Crippen LogP contribution in [-0.2, 0) is 20.7 Å². The molecular formula is C34H38O6. The van der Waals surface area contributed by atoms with Gasteiger partial charge >= 0.3 is 11.9 Å². The van der Waals surface area contributed by atoms with E-state index in [-0.39, 0.29) is 5.97 Å². The van der Waals surface area contributed by atoms with Gasteiger partial charge in [0.15, 0.2) is 0 Å². The molecule has 3 rings (SSSR count). The van der Waals surface area contributed by atoms with E-state index in [1.165, 1.54) is 0 Å². The molecule has 1 atom stereocenters. The zero-order chi connectivity index (χ0) is 29.0. The quantitative estimate of drug-likeness (QED) is 0.0779. The highest BCUT2D eigenvalue weighted by Gasteiger charge is 2.30. The number of aliphatic hydroxyl groups is 1. The van der Waals surface area contributed by atoms with Crippen LogP contribution in [-0.4, -0.2) is 30.8 Å². The third-order valence-corrected chi connectivity index (χ3v) is 6.19. The Hall–Kier alpha value is -4.13. The molecule has 0 radical (unpaired) electrons. The van der Waals surface area contributed by atoms with Gasteiger partial charge in [-0.15, -0.1) is 0 Å². The Bertz CT molecular complexity index is 1300. The highest BCUT2D eigenvalue weighted by Crippen LogP contribution is 2.26. The standard InChI is InChI=1S/C34H38O6/c1-6-38-34(4,37-5)40-31-21-17-27(18-22-31)10-8-7-9-26-15-19-30(20-16-26)39-32(36)33(2,3)25-29-13-11-28(12-14-29)23-24-35/h7-24,35H,6,25H2,1-5H3. The SMILES string of the molecule is CCOC(C)(OC)Oc1ccc(C=CC=Cc2ccc(OC(=O)C(C)(C)Cc3ccc(C=CO)cc3)cc2)cc1. The molecule has 0 amide bonds.